The first-order valence-electron chi connectivity index (χ1n) is 5.48. The molecule has 0 aliphatic carbocycles. The van der Waals surface area contributed by atoms with Crippen LogP contribution in [0.15, 0.2) is 28.8 Å². The van der Waals surface area contributed by atoms with Crippen LogP contribution in [0.25, 0.3) is 11.5 Å². The van der Waals surface area contributed by atoms with Gasteiger partial charge in [0.15, 0.2) is 0 Å². The lowest BCUT2D eigenvalue weighted by molar-refractivity contribution is 0.153. The summed E-state index contributed by atoms with van der Waals surface area (Å²) in [7, 11) is 0. The van der Waals surface area contributed by atoms with Gasteiger partial charge in [-0.15, -0.1) is 0 Å². The van der Waals surface area contributed by atoms with E-state index in [1.54, 1.807) is 12.1 Å². The number of rotatable bonds is 4. The van der Waals surface area contributed by atoms with Crippen molar-refractivity contribution in [3.05, 3.63) is 35.9 Å². The second-order valence-electron chi connectivity index (χ2n) is 3.77. The Morgan fingerprint density at radius 2 is 2.29 bits per heavy atom. The Morgan fingerprint density at radius 1 is 1.47 bits per heavy atom. The second kappa shape index (κ2) is 5.05. The Kier molecular flexibility index (Phi) is 3.49. The molecule has 17 heavy (non-hydrogen) atoms. The van der Waals surface area contributed by atoms with Crippen molar-refractivity contribution in [3.8, 4) is 11.5 Å². The predicted octanol–water partition coefficient (Wildman–Crippen LogP) is 2.71. The molecule has 1 unspecified atom stereocenters. The number of hydrogen-bond acceptors (Lipinski definition) is 4. The molecule has 0 aliphatic rings. The van der Waals surface area contributed by atoms with Crippen molar-refractivity contribution in [1.82, 2.24) is 10.1 Å². The van der Waals surface area contributed by atoms with Gasteiger partial charge in [-0.25, -0.2) is 4.39 Å². The Labute approximate surface area is 98.1 Å². The number of nitrogens with zero attached hydrogens (tertiary/aromatic N) is 2. The summed E-state index contributed by atoms with van der Waals surface area (Å²) < 4.78 is 18.0. The van der Waals surface area contributed by atoms with Gasteiger partial charge in [0.25, 0.3) is 5.89 Å². The molecular formula is C12H13FN2O2. The van der Waals surface area contributed by atoms with Gasteiger partial charge >= 0.3 is 0 Å². The maximum Gasteiger partial charge on any atom is 0.258 e. The molecule has 4 nitrogen and oxygen atoms in total. The average Bonchev–Trinajstić information content (AvgIpc) is 2.78. The molecule has 0 saturated heterocycles. The third kappa shape index (κ3) is 2.68. The third-order valence-corrected chi connectivity index (χ3v) is 2.37. The van der Waals surface area contributed by atoms with Gasteiger partial charge in [-0.1, -0.05) is 24.6 Å². The van der Waals surface area contributed by atoms with Crippen LogP contribution in [-0.4, -0.2) is 15.2 Å². The first kappa shape index (κ1) is 11.7. The normalized spacial score (nSPS) is 12.6. The SMILES string of the molecule is CCCC(O)c1noc(-c2cccc(F)c2)n1. The molecule has 0 bridgehead atoms. The zero-order chi connectivity index (χ0) is 12.3. The van der Waals surface area contributed by atoms with Crippen molar-refractivity contribution in [2.75, 3.05) is 0 Å². The van der Waals surface area contributed by atoms with Gasteiger partial charge in [0.2, 0.25) is 5.82 Å². The van der Waals surface area contributed by atoms with Crippen LogP contribution in [0.4, 0.5) is 4.39 Å². The molecule has 0 spiro atoms. The van der Waals surface area contributed by atoms with E-state index in [1.807, 2.05) is 6.92 Å². The van der Waals surface area contributed by atoms with Crippen molar-refractivity contribution < 1.29 is 14.0 Å². The minimum atomic E-state index is -0.731. The zero-order valence-corrected chi connectivity index (χ0v) is 9.43. The Balaban J connectivity index is 2.23. The molecule has 1 aromatic carbocycles. The molecule has 1 heterocycles. The molecule has 2 aromatic rings. The smallest absolute Gasteiger partial charge is 0.258 e. The van der Waals surface area contributed by atoms with E-state index >= 15 is 0 Å². The maximum absolute atomic E-state index is 13.0. The zero-order valence-electron chi connectivity index (χ0n) is 9.43. The van der Waals surface area contributed by atoms with Crippen LogP contribution in [0.5, 0.6) is 0 Å². The van der Waals surface area contributed by atoms with E-state index in [0.717, 1.165) is 6.42 Å². The summed E-state index contributed by atoms with van der Waals surface area (Å²) in [5.41, 5.74) is 0.507. The molecule has 0 aliphatic heterocycles. The summed E-state index contributed by atoms with van der Waals surface area (Å²) in [5.74, 6) is 0.0946. The molecular weight excluding hydrogens is 223 g/mol. The molecule has 0 radical (unpaired) electrons. The van der Waals surface area contributed by atoms with Crippen LogP contribution in [0, 0.1) is 5.82 Å². The van der Waals surface area contributed by atoms with Crippen molar-refractivity contribution in [3.63, 3.8) is 0 Å². The molecule has 1 N–H and O–H groups in total. The monoisotopic (exact) mass is 236 g/mol. The molecule has 5 heteroatoms. The summed E-state index contributed by atoms with van der Waals surface area (Å²) >= 11 is 0. The lowest BCUT2D eigenvalue weighted by atomic mass is 10.2. The van der Waals surface area contributed by atoms with Gasteiger partial charge in [0, 0.05) is 5.56 Å². The molecule has 1 atom stereocenters. The van der Waals surface area contributed by atoms with Crippen LogP contribution < -0.4 is 0 Å². The highest BCUT2D eigenvalue weighted by molar-refractivity contribution is 5.52. The minimum absolute atomic E-state index is 0.217. The third-order valence-electron chi connectivity index (χ3n) is 2.37. The molecule has 0 amide bonds. The Morgan fingerprint density at radius 3 is 3.00 bits per heavy atom. The average molecular weight is 236 g/mol. The molecule has 2 rings (SSSR count). The van der Waals surface area contributed by atoms with Gasteiger partial charge in [-0.05, 0) is 24.6 Å². The van der Waals surface area contributed by atoms with Crippen molar-refractivity contribution in [2.24, 2.45) is 0 Å². The van der Waals surface area contributed by atoms with E-state index in [9.17, 15) is 9.50 Å². The highest BCUT2D eigenvalue weighted by Gasteiger charge is 2.15. The van der Waals surface area contributed by atoms with E-state index in [-0.39, 0.29) is 17.5 Å². The van der Waals surface area contributed by atoms with Gasteiger partial charge in [-0.3, -0.25) is 0 Å². The number of aliphatic hydroxyl groups is 1. The van der Waals surface area contributed by atoms with E-state index in [0.29, 0.717) is 12.0 Å². The molecule has 1 aromatic heterocycles. The summed E-state index contributed by atoms with van der Waals surface area (Å²) in [6.45, 7) is 1.96. The maximum atomic E-state index is 13.0. The van der Waals surface area contributed by atoms with Crippen LogP contribution >= 0.6 is 0 Å². The van der Waals surface area contributed by atoms with Gasteiger partial charge in [0.05, 0.1) is 0 Å². The van der Waals surface area contributed by atoms with Gasteiger partial charge in [-0.2, -0.15) is 4.98 Å². The van der Waals surface area contributed by atoms with E-state index in [4.69, 9.17) is 4.52 Å². The Bertz CT molecular complexity index is 499. The first-order valence-corrected chi connectivity index (χ1v) is 5.48. The fourth-order valence-electron chi connectivity index (χ4n) is 1.51. The summed E-state index contributed by atoms with van der Waals surface area (Å²) in [6, 6.07) is 5.89. The van der Waals surface area contributed by atoms with Crippen LogP contribution in [0.3, 0.4) is 0 Å². The fourth-order valence-corrected chi connectivity index (χ4v) is 1.51. The second-order valence-corrected chi connectivity index (χ2v) is 3.77. The van der Waals surface area contributed by atoms with Gasteiger partial charge in [0.1, 0.15) is 11.9 Å². The fraction of sp³-hybridized carbons (Fsp3) is 0.333. The number of aromatic nitrogens is 2. The summed E-state index contributed by atoms with van der Waals surface area (Å²) in [5, 5.41) is 13.4. The molecule has 90 valence electrons. The molecule has 0 saturated carbocycles. The van der Waals surface area contributed by atoms with E-state index in [2.05, 4.69) is 10.1 Å². The lowest BCUT2D eigenvalue weighted by Crippen LogP contribution is -1.98. The summed E-state index contributed by atoms with van der Waals surface area (Å²) in [6.07, 6.45) is 0.665. The number of benzene rings is 1. The topological polar surface area (TPSA) is 59.2 Å². The highest BCUT2D eigenvalue weighted by atomic mass is 19.1. The van der Waals surface area contributed by atoms with E-state index in [1.165, 1.54) is 12.1 Å². The highest BCUT2D eigenvalue weighted by Crippen LogP contribution is 2.21. The summed E-state index contributed by atoms with van der Waals surface area (Å²) in [4.78, 5) is 4.05. The minimum Gasteiger partial charge on any atom is -0.385 e. The van der Waals surface area contributed by atoms with Crippen LogP contribution in [0.1, 0.15) is 31.7 Å². The van der Waals surface area contributed by atoms with Crippen LogP contribution in [-0.2, 0) is 0 Å². The molecule has 0 fully saturated rings. The van der Waals surface area contributed by atoms with Gasteiger partial charge < -0.3 is 9.63 Å². The van der Waals surface area contributed by atoms with Crippen molar-refractivity contribution in [2.45, 2.75) is 25.9 Å². The number of halogens is 1. The Hall–Kier alpha value is -1.75. The van der Waals surface area contributed by atoms with Crippen LogP contribution in [0.2, 0.25) is 0 Å². The van der Waals surface area contributed by atoms with Crippen molar-refractivity contribution >= 4 is 0 Å². The van der Waals surface area contributed by atoms with Crippen molar-refractivity contribution in [1.29, 1.82) is 0 Å². The van der Waals surface area contributed by atoms with E-state index < -0.39 is 6.10 Å². The lowest BCUT2D eigenvalue weighted by Gasteiger charge is -2.01. The largest absolute Gasteiger partial charge is 0.385 e. The predicted molar refractivity (Wildman–Crippen MR) is 59.6 cm³/mol. The number of hydrogen-bond donors (Lipinski definition) is 1. The quantitative estimate of drug-likeness (QED) is 0.886. The standard InChI is InChI=1S/C12H13FN2O2/c1-2-4-10(16)11-14-12(17-15-11)8-5-3-6-9(13)7-8/h3,5-7,10,16H,2,4H2,1H3. The first-order chi connectivity index (χ1) is 8.20. The number of aliphatic hydroxyl groups excluding tert-OH is 1.